The van der Waals surface area contributed by atoms with E-state index in [1.54, 1.807) is 0 Å². The molecular formula is C16H14O3. The monoisotopic (exact) mass is 254 g/mol. The van der Waals surface area contributed by atoms with Crippen molar-refractivity contribution in [1.29, 1.82) is 0 Å². The summed E-state index contributed by atoms with van der Waals surface area (Å²) in [5.74, 6) is 2.20. The normalized spacial score (nSPS) is 25.9. The number of hydrogen-bond donors (Lipinski definition) is 0. The molecule has 19 heavy (non-hydrogen) atoms. The number of fused-ring (bicyclic) bond motifs is 2. The summed E-state index contributed by atoms with van der Waals surface area (Å²) >= 11 is 0. The van der Waals surface area contributed by atoms with Crippen molar-refractivity contribution in [1.82, 2.24) is 0 Å². The first kappa shape index (κ1) is 10.2. The van der Waals surface area contributed by atoms with Gasteiger partial charge in [-0.05, 0) is 10.8 Å². The molecule has 0 spiro atoms. The van der Waals surface area contributed by atoms with E-state index in [0.717, 1.165) is 37.6 Å². The van der Waals surface area contributed by atoms with Gasteiger partial charge in [-0.1, -0.05) is 24.3 Å². The maximum atomic E-state index is 5.79. The number of benzene rings is 2. The fourth-order valence-electron chi connectivity index (χ4n) is 2.96. The van der Waals surface area contributed by atoms with Gasteiger partial charge in [0.1, 0.15) is 0 Å². The maximum absolute atomic E-state index is 5.79. The highest BCUT2D eigenvalue weighted by Crippen LogP contribution is 2.56. The minimum absolute atomic E-state index is 0.398. The molecule has 0 aromatic heterocycles. The Morgan fingerprint density at radius 1 is 0.842 bits per heavy atom. The lowest BCUT2D eigenvalue weighted by atomic mass is 9.95. The van der Waals surface area contributed by atoms with E-state index in [9.17, 15) is 0 Å². The third kappa shape index (κ3) is 1.66. The van der Waals surface area contributed by atoms with Crippen LogP contribution in [0.3, 0.4) is 0 Å². The Kier molecular flexibility index (Phi) is 1.88. The molecule has 2 aromatic rings. The molecule has 0 saturated carbocycles. The molecule has 0 aliphatic carbocycles. The van der Waals surface area contributed by atoms with Crippen LogP contribution >= 0.6 is 0 Å². The second-order valence-corrected chi connectivity index (χ2v) is 5.58. The molecule has 3 heterocycles. The van der Waals surface area contributed by atoms with E-state index in [-0.39, 0.29) is 0 Å². The van der Waals surface area contributed by atoms with E-state index in [1.165, 1.54) is 21.9 Å². The number of rotatable bonds is 4. The fraction of sp³-hybridized carbons (Fsp3) is 0.375. The highest BCUT2D eigenvalue weighted by molar-refractivity contribution is 5.96. The van der Waals surface area contributed by atoms with Gasteiger partial charge in [0.15, 0.2) is 11.5 Å². The molecule has 5 rings (SSSR count). The molecule has 2 atom stereocenters. The van der Waals surface area contributed by atoms with Crippen LogP contribution in [-0.4, -0.2) is 25.4 Å². The SMILES string of the molecule is c1ccc2c(CC3CO3)c3c(c(CC4CO4)c2c1)O3. The summed E-state index contributed by atoms with van der Waals surface area (Å²) in [4.78, 5) is 0. The summed E-state index contributed by atoms with van der Waals surface area (Å²) in [6.45, 7) is 1.78. The van der Waals surface area contributed by atoms with Crippen molar-refractivity contribution in [3.05, 3.63) is 35.4 Å². The molecule has 3 nitrogen and oxygen atoms in total. The molecule has 0 bridgehead atoms. The summed E-state index contributed by atoms with van der Waals surface area (Å²) in [7, 11) is 0. The first-order valence-corrected chi connectivity index (χ1v) is 6.87. The molecule has 2 aromatic carbocycles. The van der Waals surface area contributed by atoms with Crippen molar-refractivity contribution >= 4 is 10.8 Å². The third-order valence-corrected chi connectivity index (χ3v) is 4.16. The van der Waals surface area contributed by atoms with Crippen molar-refractivity contribution in [3.8, 4) is 11.5 Å². The van der Waals surface area contributed by atoms with Gasteiger partial charge in [0.05, 0.1) is 25.4 Å². The summed E-state index contributed by atoms with van der Waals surface area (Å²) in [5, 5.41) is 2.65. The topological polar surface area (TPSA) is 37.6 Å². The zero-order chi connectivity index (χ0) is 12.4. The molecular weight excluding hydrogens is 240 g/mol. The number of epoxide rings is 2. The number of hydrogen-bond acceptors (Lipinski definition) is 3. The van der Waals surface area contributed by atoms with E-state index < -0.39 is 0 Å². The molecule has 3 aliphatic rings. The molecule has 0 amide bonds. The molecule has 3 aliphatic heterocycles. The van der Waals surface area contributed by atoms with Crippen LogP contribution in [0.1, 0.15) is 11.1 Å². The van der Waals surface area contributed by atoms with Gasteiger partial charge in [0.2, 0.25) is 0 Å². The van der Waals surface area contributed by atoms with Crippen LogP contribution in [0.2, 0.25) is 0 Å². The standard InChI is InChI=1S/C16H14O3/c1-2-4-12-11(3-1)13(5-9-7-17-9)15-16(19-15)14(12)6-10-8-18-10/h1-4,9-10H,5-8H2. The van der Waals surface area contributed by atoms with Gasteiger partial charge < -0.3 is 14.2 Å². The predicted molar refractivity (Wildman–Crippen MR) is 70.9 cm³/mol. The highest BCUT2D eigenvalue weighted by atomic mass is 16.6. The second kappa shape index (κ2) is 3.50. The van der Waals surface area contributed by atoms with E-state index in [2.05, 4.69) is 24.3 Å². The predicted octanol–water partition coefficient (Wildman–Crippen LogP) is 2.83. The van der Waals surface area contributed by atoms with Crippen LogP contribution in [0, 0.1) is 0 Å². The van der Waals surface area contributed by atoms with Crippen LogP contribution in [-0.2, 0) is 22.3 Å². The van der Waals surface area contributed by atoms with Crippen LogP contribution in [0.15, 0.2) is 24.3 Å². The van der Waals surface area contributed by atoms with E-state index in [0.29, 0.717) is 12.2 Å². The highest BCUT2D eigenvalue weighted by Gasteiger charge is 2.37. The first-order chi connectivity index (χ1) is 9.40. The Bertz CT molecular complexity index is 625. The maximum Gasteiger partial charge on any atom is 0.174 e. The summed E-state index contributed by atoms with van der Waals surface area (Å²) in [6.07, 6.45) is 2.75. The Balaban J connectivity index is 1.70. The third-order valence-electron chi connectivity index (χ3n) is 4.16. The van der Waals surface area contributed by atoms with Crippen LogP contribution in [0.25, 0.3) is 10.8 Å². The largest absolute Gasteiger partial charge is 0.449 e. The zero-order valence-electron chi connectivity index (χ0n) is 10.5. The van der Waals surface area contributed by atoms with E-state index in [4.69, 9.17) is 14.2 Å². The van der Waals surface area contributed by atoms with E-state index in [1.807, 2.05) is 0 Å². The van der Waals surface area contributed by atoms with Gasteiger partial charge in [-0.3, -0.25) is 0 Å². The van der Waals surface area contributed by atoms with Gasteiger partial charge >= 0.3 is 0 Å². The minimum atomic E-state index is 0.398. The smallest absolute Gasteiger partial charge is 0.174 e. The number of ether oxygens (including phenoxy) is 3. The Morgan fingerprint density at radius 2 is 1.32 bits per heavy atom. The zero-order valence-corrected chi connectivity index (χ0v) is 10.5. The molecule has 3 heteroatoms. The second-order valence-electron chi connectivity index (χ2n) is 5.58. The molecule has 0 N–H and O–H groups in total. The van der Waals surface area contributed by atoms with Crippen molar-refractivity contribution in [2.45, 2.75) is 25.0 Å². The summed E-state index contributed by atoms with van der Waals surface area (Å²) < 4.78 is 16.5. The van der Waals surface area contributed by atoms with Gasteiger partial charge in [-0.25, -0.2) is 0 Å². The summed E-state index contributed by atoms with van der Waals surface area (Å²) in [6, 6.07) is 8.61. The molecule has 0 radical (unpaired) electrons. The fourth-order valence-corrected chi connectivity index (χ4v) is 2.96. The van der Waals surface area contributed by atoms with Gasteiger partial charge in [-0.2, -0.15) is 0 Å². The Labute approximate surface area is 111 Å². The van der Waals surface area contributed by atoms with E-state index >= 15 is 0 Å². The van der Waals surface area contributed by atoms with Gasteiger partial charge in [-0.15, -0.1) is 0 Å². The lowest BCUT2D eigenvalue weighted by Gasteiger charge is -2.06. The summed E-state index contributed by atoms with van der Waals surface area (Å²) in [5.41, 5.74) is 2.65. The lowest BCUT2D eigenvalue weighted by Crippen LogP contribution is -1.96. The first-order valence-electron chi connectivity index (χ1n) is 6.87. The van der Waals surface area contributed by atoms with Crippen LogP contribution in [0.4, 0.5) is 0 Å². The minimum Gasteiger partial charge on any atom is -0.449 e. The molecule has 2 unspecified atom stereocenters. The quantitative estimate of drug-likeness (QED) is 0.672. The molecule has 96 valence electrons. The van der Waals surface area contributed by atoms with Crippen molar-refractivity contribution in [3.63, 3.8) is 0 Å². The van der Waals surface area contributed by atoms with Crippen LogP contribution < -0.4 is 4.74 Å². The molecule has 2 fully saturated rings. The van der Waals surface area contributed by atoms with Gasteiger partial charge in [0.25, 0.3) is 0 Å². The lowest BCUT2D eigenvalue weighted by molar-refractivity contribution is 0.407. The van der Waals surface area contributed by atoms with Crippen molar-refractivity contribution in [2.24, 2.45) is 0 Å². The van der Waals surface area contributed by atoms with Gasteiger partial charge in [0, 0.05) is 24.0 Å². The Morgan fingerprint density at radius 3 is 1.74 bits per heavy atom. The Hall–Kier alpha value is -1.58. The van der Waals surface area contributed by atoms with Crippen LogP contribution in [0.5, 0.6) is 11.5 Å². The average molecular weight is 254 g/mol. The van der Waals surface area contributed by atoms with Crippen molar-refractivity contribution < 1.29 is 14.2 Å². The molecule has 2 saturated heterocycles. The average Bonchev–Trinajstić information content (AvgIpc) is 3.25. The van der Waals surface area contributed by atoms with Crippen molar-refractivity contribution in [2.75, 3.05) is 13.2 Å².